The molecule has 0 unspecified atom stereocenters. The average Bonchev–Trinajstić information content (AvgIpc) is 2.72. The van der Waals surface area contributed by atoms with Crippen molar-refractivity contribution in [3.05, 3.63) is 42.1 Å². The van der Waals surface area contributed by atoms with Crippen molar-refractivity contribution in [3.8, 4) is 11.3 Å². The molecule has 1 aliphatic rings. The maximum Gasteiger partial charge on any atom is 0.132 e. The first kappa shape index (κ1) is 10.5. The molecule has 0 fully saturated rings. The molecule has 0 saturated carbocycles. The Morgan fingerprint density at radius 2 is 2.18 bits per heavy atom. The quantitative estimate of drug-likeness (QED) is 0.735. The summed E-state index contributed by atoms with van der Waals surface area (Å²) in [6.07, 6.45) is 4.15. The Balaban J connectivity index is 2.03. The molecule has 3 heteroatoms. The van der Waals surface area contributed by atoms with E-state index in [0.29, 0.717) is 11.5 Å². The molecule has 0 amide bonds. The van der Waals surface area contributed by atoms with Crippen LogP contribution in [0.2, 0.25) is 0 Å². The molecule has 2 heterocycles. The van der Waals surface area contributed by atoms with Crippen molar-refractivity contribution in [1.29, 1.82) is 0 Å². The lowest BCUT2D eigenvalue weighted by Gasteiger charge is -2.18. The van der Waals surface area contributed by atoms with Crippen molar-refractivity contribution in [3.63, 3.8) is 0 Å². The number of hydrogen-bond acceptors (Lipinski definition) is 1. The summed E-state index contributed by atoms with van der Waals surface area (Å²) in [5.74, 6) is 1.57. The number of halogens is 1. The summed E-state index contributed by atoms with van der Waals surface area (Å²) in [5, 5.41) is 0. The van der Waals surface area contributed by atoms with Crippen LogP contribution in [0.25, 0.3) is 11.3 Å². The molecule has 2 aromatic rings. The Morgan fingerprint density at radius 3 is 3.00 bits per heavy atom. The Hall–Kier alpha value is -1.64. The Kier molecular flexibility index (Phi) is 2.46. The van der Waals surface area contributed by atoms with E-state index in [1.165, 1.54) is 12.5 Å². The molecule has 0 spiro atoms. The summed E-state index contributed by atoms with van der Waals surface area (Å²) in [4.78, 5) is 4.56. The maximum atomic E-state index is 13.7. The van der Waals surface area contributed by atoms with Crippen LogP contribution in [0, 0.1) is 11.7 Å². The smallest absolute Gasteiger partial charge is 0.132 e. The van der Waals surface area contributed by atoms with Gasteiger partial charge in [-0.3, -0.25) is 0 Å². The van der Waals surface area contributed by atoms with E-state index in [1.54, 1.807) is 12.1 Å². The first-order valence-electron chi connectivity index (χ1n) is 6.05. The predicted octanol–water partition coefficient (Wildman–Crippen LogP) is 3.27. The lowest BCUT2D eigenvalue weighted by molar-refractivity contribution is 0.409. The second-order valence-corrected chi connectivity index (χ2v) is 4.81. The second kappa shape index (κ2) is 3.99. The molecule has 3 rings (SSSR count). The zero-order valence-electron chi connectivity index (χ0n) is 9.86. The fraction of sp³-hybridized carbons (Fsp3) is 0.357. The third-order valence-corrected chi connectivity index (χ3v) is 3.40. The fourth-order valence-electron chi connectivity index (χ4n) is 2.38. The number of benzene rings is 1. The van der Waals surface area contributed by atoms with E-state index in [0.717, 1.165) is 24.5 Å². The third kappa shape index (κ3) is 1.86. The van der Waals surface area contributed by atoms with Gasteiger partial charge in [-0.2, -0.15) is 0 Å². The Bertz CT molecular complexity index is 545. The number of hydrogen-bond donors (Lipinski definition) is 0. The van der Waals surface area contributed by atoms with Crippen molar-refractivity contribution in [2.45, 2.75) is 26.3 Å². The van der Waals surface area contributed by atoms with E-state index >= 15 is 0 Å². The highest BCUT2D eigenvalue weighted by Crippen LogP contribution is 2.26. The third-order valence-electron chi connectivity index (χ3n) is 3.40. The molecule has 0 radical (unpaired) electrons. The van der Waals surface area contributed by atoms with E-state index in [9.17, 15) is 4.39 Å². The van der Waals surface area contributed by atoms with Crippen molar-refractivity contribution in [2.75, 3.05) is 0 Å². The van der Waals surface area contributed by atoms with Crippen molar-refractivity contribution in [1.82, 2.24) is 9.55 Å². The summed E-state index contributed by atoms with van der Waals surface area (Å²) in [5.41, 5.74) is 1.36. The summed E-state index contributed by atoms with van der Waals surface area (Å²) in [7, 11) is 0. The van der Waals surface area contributed by atoms with Gasteiger partial charge in [0.1, 0.15) is 11.6 Å². The van der Waals surface area contributed by atoms with Gasteiger partial charge in [-0.25, -0.2) is 9.37 Å². The van der Waals surface area contributed by atoms with Gasteiger partial charge in [0.25, 0.3) is 0 Å². The van der Waals surface area contributed by atoms with Gasteiger partial charge in [0.2, 0.25) is 0 Å². The van der Waals surface area contributed by atoms with E-state index in [4.69, 9.17) is 0 Å². The van der Waals surface area contributed by atoms with Gasteiger partial charge in [-0.15, -0.1) is 0 Å². The minimum Gasteiger partial charge on any atom is -0.334 e. The zero-order valence-corrected chi connectivity index (χ0v) is 9.86. The van der Waals surface area contributed by atoms with Crippen LogP contribution in [0.5, 0.6) is 0 Å². The lowest BCUT2D eigenvalue weighted by Crippen LogP contribution is -2.16. The minimum absolute atomic E-state index is 0.198. The topological polar surface area (TPSA) is 17.8 Å². The lowest BCUT2D eigenvalue weighted by atomic mass is 10.0. The van der Waals surface area contributed by atoms with Crippen LogP contribution < -0.4 is 0 Å². The van der Waals surface area contributed by atoms with Gasteiger partial charge in [-0.05, 0) is 24.5 Å². The van der Waals surface area contributed by atoms with Crippen molar-refractivity contribution in [2.24, 2.45) is 5.92 Å². The van der Waals surface area contributed by atoms with Crippen LogP contribution >= 0.6 is 0 Å². The molecule has 17 heavy (non-hydrogen) atoms. The van der Waals surface area contributed by atoms with Gasteiger partial charge in [0.05, 0.1) is 5.69 Å². The van der Waals surface area contributed by atoms with Crippen LogP contribution in [-0.2, 0) is 13.0 Å². The highest BCUT2D eigenvalue weighted by molar-refractivity contribution is 5.59. The Labute approximate surface area is 100 Å². The van der Waals surface area contributed by atoms with E-state index in [-0.39, 0.29) is 5.82 Å². The molecule has 0 N–H and O–H groups in total. The number of aryl methyl sites for hydroxylation is 1. The van der Waals surface area contributed by atoms with E-state index < -0.39 is 0 Å². The van der Waals surface area contributed by atoms with E-state index in [2.05, 4.69) is 16.5 Å². The average molecular weight is 230 g/mol. The summed E-state index contributed by atoms with van der Waals surface area (Å²) in [6, 6.07) is 6.82. The van der Waals surface area contributed by atoms with Crippen LogP contribution in [0.3, 0.4) is 0 Å². The van der Waals surface area contributed by atoms with Gasteiger partial charge in [0.15, 0.2) is 0 Å². The van der Waals surface area contributed by atoms with Gasteiger partial charge < -0.3 is 4.57 Å². The summed E-state index contributed by atoms with van der Waals surface area (Å²) < 4.78 is 15.8. The molecule has 1 aliphatic heterocycles. The van der Waals surface area contributed by atoms with Crippen LogP contribution in [0.15, 0.2) is 30.5 Å². The Morgan fingerprint density at radius 1 is 1.35 bits per heavy atom. The van der Waals surface area contributed by atoms with Crippen LogP contribution in [0.4, 0.5) is 4.39 Å². The SMILES string of the molecule is C[C@@H]1CCn2cc(-c3ccccc3F)nc2C1. The molecule has 1 aromatic carbocycles. The largest absolute Gasteiger partial charge is 0.334 e. The molecule has 2 nitrogen and oxygen atoms in total. The summed E-state index contributed by atoms with van der Waals surface area (Å²) in [6.45, 7) is 3.24. The molecule has 1 aromatic heterocycles. The first-order valence-corrected chi connectivity index (χ1v) is 6.05. The zero-order chi connectivity index (χ0) is 11.8. The number of aromatic nitrogens is 2. The molecule has 1 atom stereocenters. The van der Waals surface area contributed by atoms with Crippen LogP contribution in [0.1, 0.15) is 19.2 Å². The predicted molar refractivity (Wildman–Crippen MR) is 65.1 cm³/mol. The highest BCUT2D eigenvalue weighted by atomic mass is 19.1. The normalized spacial score (nSPS) is 19.1. The standard InChI is InChI=1S/C14H15FN2/c1-10-6-7-17-9-13(16-14(17)8-10)11-4-2-3-5-12(11)15/h2-5,9-10H,6-8H2,1H3/t10-/m1/s1. The molecular formula is C14H15FN2. The molecule has 0 saturated heterocycles. The number of imidazole rings is 1. The number of rotatable bonds is 1. The maximum absolute atomic E-state index is 13.7. The monoisotopic (exact) mass is 230 g/mol. The fourth-order valence-corrected chi connectivity index (χ4v) is 2.38. The highest BCUT2D eigenvalue weighted by Gasteiger charge is 2.18. The van der Waals surface area contributed by atoms with Crippen molar-refractivity contribution >= 4 is 0 Å². The molecule has 0 aliphatic carbocycles. The van der Waals surface area contributed by atoms with Crippen LogP contribution in [-0.4, -0.2) is 9.55 Å². The first-order chi connectivity index (χ1) is 8.24. The minimum atomic E-state index is -0.198. The number of nitrogens with zero attached hydrogens (tertiary/aromatic N) is 2. The van der Waals surface area contributed by atoms with Gasteiger partial charge in [0, 0.05) is 24.7 Å². The molecular weight excluding hydrogens is 215 g/mol. The van der Waals surface area contributed by atoms with Gasteiger partial charge in [-0.1, -0.05) is 19.1 Å². The molecule has 88 valence electrons. The summed E-state index contributed by atoms with van der Waals surface area (Å²) >= 11 is 0. The van der Waals surface area contributed by atoms with Gasteiger partial charge >= 0.3 is 0 Å². The second-order valence-electron chi connectivity index (χ2n) is 4.81. The number of fused-ring (bicyclic) bond motifs is 1. The van der Waals surface area contributed by atoms with E-state index in [1.807, 2.05) is 12.3 Å². The molecule has 0 bridgehead atoms. The van der Waals surface area contributed by atoms with Crippen molar-refractivity contribution < 1.29 is 4.39 Å².